The van der Waals surface area contributed by atoms with Crippen molar-refractivity contribution >= 4 is 33.4 Å². The zero-order chi connectivity index (χ0) is 23.6. The maximum absolute atomic E-state index is 12.8. The summed E-state index contributed by atoms with van der Waals surface area (Å²) in [4.78, 5) is 25.3. The minimum Gasteiger partial charge on any atom is -0.467 e. The number of carbonyl (C=O) groups is 2. The fraction of sp³-hybridized carbons (Fsp3) is 0.154. The fourth-order valence-corrected chi connectivity index (χ4v) is 3.92. The van der Waals surface area contributed by atoms with E-state index in [1.54, 1.807) is 0 Å². The van der Waals surface area contributed by atoms with Crippen molar-refractivity contribution in [1.29, 1.82) is 0 Å². The zero-order valence-corrected chi connectivity index (χ0v) is 17.6. The largest absolute Gasteiger partial charge is 0.467 e. The van der Waals surface area contributed by atoms with Gasteiger partial charge in [0.2, 0.25) is 0 Å². The Morgan fingerprint density at radius 1 is 0.879 bits per heavy atom. The molecule has 33 heavy (non-hydrogen) atoms. The lowest BCUT2D eigenvalue weighted by Crippen LogP contribution is -2.43. The third-order valence-electron chi connectivity index (χ3n) is 5.56. The van der Waals surface area contributed by atoms with Crippen molar-refractivity contribution in [2.24, 2.45) is 0 Å². The summed E-state index contributed by atoms with van der Waals surface area (Å²) in [6, 6.07) is 20.3. The van der Waals surface area contributed by atoms with Crippen LogP contribution in [0.5, 0.6) is 0 Å². The molecule has 4 aromatic rings. The number of halogens is 3. The van der Waals surface area contributed by atoms with Crippen LogP contribution in [0.4, 0.5) is 13.2 Å². The van der Waals surface area contributed by atoms with Gasteiger partial charge in [0, 0.05) is 12.0 Å². The third kappa shape index (κ3) is 4.67. The molecule has 0 spiro atoms. The van der Waals surface area contributed by atoms with E-state index >= 15 is 0 Å². The van der Waals surface area contributed by atoms with E-state index in [0.717, 1.165) is 51.4 Å². The maximum atomic E-state index is 12.8. The van der Waals surface area contributed by atoms with E-state index in [1.165, 1.54) is 7.11 Å². The molecule has 7 heteroatoms. The number of rotatable bonds is 5. The quantitative estimate of drug-likeness (QED) is 0.321. The van der Waals surface area contributed by atoms with Crippen molar-refractivity contribution in [2.75, 3.05) is 7.11 Å². The molecule has 0 aliphatic carbocycles. The van der Waals surface area contributed by atoms with E-state index in [1.807, 2.05) is 48.5 Å². The van der Waals surface area contributed by atoms with Gasteiger partial charge in [-0.1, -0.05) is 48.5 Å². The summed E-state index contributed by atoms with van der Waals surface area (Å²) < 4.78 is 43.4. The van der Waals surface area contributed by atoms with Crippen LogP contribution in [0.15, 0.2) is 78.9 Å². The van der Waals surface area contributed by atoms with Crippen molar-refractivity contribution in [3.63, 3.8) is 0 Å². The second kappa shape index (κ2) is 8.94. The lowest BCUT2D eigenvalue weighted by Gasteiger charge is -2.19. The van der Waals surface area contributed by atoms with E-state index < -0.39 is 29.7 Å². The molecule has 0 bridgehead atoms. The summed E-state index contributed by atoms with van der Waals surface area (Å²) in [6.45, 7) is 0. The van der Waals surface area contributed by atoms with Crippen molar-refractivity contribution in [2.45, 2.75) is 18.6 Å². The van der Waals surface area contributed by atoms with Gasteiger partial charge in [0.15, 0.2) is 0 Å². The average molecular weight is 451 g/mol. The van der Waals surface area contributed by atoms with Crippen LogP contribution in [0, 0.1) is 0 Å². The molecule has 0 fully saturated rings. The van der Waals surface area contributed by atoms with Crippen molar-refractivity contribution in [1.82, 2.24) is 5.32 Å². The number of carbonyl (C=O) groups excluding carboxylic acids is 2. The second-order valence-electron chi connectivity index (χ2n) is 7.63. The molecule has 4 rings (SSSR count). The molecule has 0 unspecified atom stereocenters. The molecule has 0 saturated heterocycles. The Balaban J connectivity index is 1.69. The Kier molecular flexibility index (Phi) is 6.05. The van der Waals surface area contributed by atoms with Crippen LogP contribution >= 0.6 is 0 Å². The molecule has 1 amide bonds. The molecule has 0 aliphatic rings. The molecule has 0 saturated carbocycles. The number of hydrogen-bond acceptors (Lipinski definition) is 3. The molecule has 0 aromatic heterocycles. The normalized spacial score (nSPS) is 12.5. The van der Waals surface area contributed by atoms with Crippen molar-refractivity contribution < 1.29 is 27.5 Å². The standard InChI is InChI=1S/C26H20F3NO3/c1-33-25(32)23(30-24(31)16-10-12-19(13-11-16)26(27,28)29)15-22-20-8-4-2-6-17(20)14-18-7-3-5-9-21(18)22/h2-14,23H,15H2,1H3,(H,30,31)/t23-/m0/s1. The highest BCUT2D eigenvalue weighted by Crippen LogP contribution is 2.30. The van der Waals surface area contributed by atoms with Crippen molar-refractivity contribution in [3.8, 4) is 0 Å². The van der Waals surface area contributed by atoms with Crippen molar-refractivity contribution in [3.05, 3.63) is 95.6 Å². The molecule has 168 valence electrons. The Labute approximate surface area is 188 Å². The lowest BCUT2D eigenvalue weighted by molar-refractivity contribution is -0.142. The summed E-state index contributed by atoms with van der Waals surface area (Å²) in [7, 11) is 1.22. The molecule has 1 atom stereocenters. The topological polar surface area (TPSA) is 55.4 Å². The first kappa shape index (κ1) is 22.3. The number of esters is 1. The summed E-state index contributed by atoms with van der Waals surface area (Å²) in [5.41, 5.74) is 0.0253. The first-order valence-electron chi connectivity index (χ1n) is 10.2. The van der Waals surface area contributed by atoms with E-state index in [2.05, 4.69) is 11.4 Å². The predicted octanol–water partition coefficient (Wildman–Crippen LogP) is 5.53. The molecular weight excluding hydrogens is 431 g/mol. The van der Waals surface area contributed by atoms with E-state index in [4.69, 9.17) is 4.74 Å². The predicted molar refractivity (Wildman–Crippen MR) is 120 cm³/mol. The van der Waals surface area contributed by atoms with Gasteiger partial charge in [-0.15, -0.1) is 0 Å². The number of benzene rings is 4. The van der Waals surface area contributed by atoms with Crippen LogP contribution in [0.1, 0.15) is 21.5 Å². The van der Waals surface area contributed by atoms with Gasteiger partial charge in [-0.3, -0.25) is 4.79 Å². The zero-order valence-electron chi connectivity index (χ0n) is 17.6. The van der Waals surface area contributed by atoms with Crippen LogP contribution in [0.2, 0.25) is 0 Å². The van der Waals surface area contributed by atoms with Gasteiger partial charge in [-0.05, 0) is 57.4 Å². The number of alkyl halides is 3. The second-order valence-corrected chi connectivity index (χ2v) is 7.63. The van der Waals surface area contributed by atoms with E-state index in [0.29, 0.717) is 0 Å². The smallest absolute Gasteiger partial charge is 0.416 e. The monoisotopic (exact) mass is 451 g/mol. The summed E-state index contributed by atoms with van der Waals surface area (Å²) >= 11 is 0. The maximum Gasteiger partial charge on any atom is 0.416 e. The minimum atomic E-state index is -4.50. The van der Waals surface area contributed by atoms with Gasteiger partial charge in [0.05, 0.1) is 12.7 Å². The van der Waals surface area contributed by atoms with Gasteiger partial charge >= 0.3 is 12.1 Å². The first-order chi connectivity index (χ1) is 15.8. The Morgan fingerprint density at radius 2 is 1.42 bits per heavy atom. The average Bonchev–Trinajstić information content (AvgIpc) is 2.82. The molecule has 0 aliphatic heterocycles. The Bertz CT molecular complexity index is 1280. The molecular formula is C26H20F3NO3. The van der Waals surface area contributed by atoms with E-state index in [9.17, 15) is 22.8 Å². The Morgan fingerprint density at radius 3 is 1.94 bits per heavy atom. The van der Waals surface area contributed by atoms with Crippen LogP contribution < -0.4 is 5.32 Å². The van der Waals surface area contributed by atoms with Gasteiger partial charge in [-0.2, -0.15) is 13.2 Å². The molecule has 0 radical (unpaired) electrons. The highest BCUT2D eigenvalue weighted by atomic mass is 19.4. The molecule has 4 nitrogen and oxygen atoms in total. The number of fused-ring (bicyclic) bond motifs is 2. The number of ether oxygens (including phenoxy) is 1. The summed E-state index contributed by atoms with van der Waals surface area (Å²) in [5, 5.41) is 6.48. The van der Waals surface area contributed by atoms with Crippen LogP contribution in [-0.4, -0.2) is 25.0 Å². The SMILES string of the molecule is COC(=O)[C@H](Cc1c2ccccc2cc2ccccc12)NC(=O)c1ccc(C(F)(F)F)cc1. The highest BCUT2D eigenvalue weighted by molar-refractivity contribution is 6.03. The molecule has 0 heterocycles. The number of methoxy groups -OCH3 is 1. The third-order valence-corrected chi connectivity index (χ3v) is 5.56. The van der Waals surface area contributed by atoms with Gasteiger partial charge in [0.25, 0.3) is 5.91 Å². The number of hydrogen-bond donors (Lipinski definition) is 1. The fourth-order valence-electron chi connectivity index (χ4n) is 3.92. The highest BCUT2D eigenvalue weighted by Gasteiger charge is 2.30. The van der Waals surface area contributed by atoms with Crippen LogP contribution in [0.3, 0.4) is 0 Å². The number of amides is 1. The Hall–Kier alpha value is -3.87. The van der Waals surface area contributed by atoms with Crippen LogP contribution in [-0.2, 0) is 22.1 Å². The molecule has 4 aromatic carbocycles. The van der Waals surface area contributed by atoms with E-state index in [-0.39, 0.29) is 12.0 Å². The minimum absolute atomic E-state index is 0.0136. The summed E-state index contributed by atoms with van der Waals surface area (Å²) in [6.07, 6.45) is -4.35. The van der Waals surface area contributed by atoms with Crippen LogP contribution in [0.25, 0.3) is 21.5 Å². The van der Waals surface area contributed by atoms with Gasteiger partial charge in [-0.25, -0.2) is 4.79 Å². The summed E-state index contributed by atoms with van der Waals surface area (Å²) in [5.74, 6) is -1.31. The van der Waals surface area contributed by atoms with Gasteiger partial charge in [0.1, 0.15) is 6.04 Å². The van der Waals surface area contributed by atoms with Gasteiger partial charge < -0.3 is 10.1 Å². The number of nitrogens with one attached hydrogen (secondary N) is 1. The lowest BCUT2D eigenvalue weighted by atomic mass is 9.92. The molecule has 1 N–H and O–H groups in total. The first-order valence-corrected chi connectivity index (χ1v) is 10.2.